The molecule has 1 aliphatic heterocycles. The van der Waals surface area contributed by atoms with E-state index in [1.807, 2.05) is 6.92 Å². The first-order valence-electron chi connectivity index (χ1n) is 12.3. The first kappa shape index (κ1) is 26.6. The number of nitrogens with two attached hydrogens (primary N) is 1. The minimum atomic E-state index is -0.785. The van der Waals surface area contributed by atoms with E-state index in [1.54, 1.807) is 48.5 Å². The van der Waals surface area contributed by atoms with Gasteiger partial charge in [0.25, 0.3) is 23.3 Å². The van der Waals surface area contributed by atoms with Gasteiger partial charge in [-0.2, -0.15) is 0 Å². The van der Waals surface area contributed by atoms with E-state index in [4.69, 9.17) is 10.5 Å². The van der Waals surface area contributed by atoms with E-state index in [1.165, 1.54) is 16.6 Å². The van der Waals surface area contributed by atoms with Crippen LogP contribution in [0.1, 0.15) is 56.4 Å². The fraction of sp³-hybridized carbons (Fsp3) is 0.296. The predicted octanol–water partition coefficient (Wildman–Crippen LogP) is 2.01. The molecule has 3 aromatic rings. The quantitative estimate of drug-likeness (QED) is 0.389. The minimum absolute atomic E-state index is 0.00275. The monoisotopic (exact) mass is 519 g/mol. The Morgan fingerprint density at radius 1 is 1.03 bits per heavy atom. The van der Waals surface area contributed by atoms with Gasteiger partial charge in [-0.25, -0.2) is 4.79 Å². The number of carbonyl (C=O) groups is 3. The number of nitrogen functional groups attached to an aromatic ring is 1. The van der Waals surface area contributed by atoms with Crippen molar-refractivity contribution >= 4 is 29.2 Å². The molecule has 11 nitrogen and oxygen atoms in total. The molecule has 0 aliphatic carbocycles. The summed E-state index contributed by atoms with van der Waals surface area (Å²) in [5.74, 6) is -1.47. The summed E-state index contributed by atoms with van der Waals surface area (Å²) in [5.41, 5.74) is 6.10. The van der Waals surface area contributed by atoms with Crippen LogP contribution < -0.4 is 21.9 Å². The van der Waals surface area contributed by atoms with Crippen LogP contribution in [-0.4, -0.2) is 52.4 Å². The van der Waals surface area contributed by atoms with Crippen molar-refractivity contribution in [2.45, 2.75) is 32.9 Å². The predicted molar refractivity (Wildman–Crippen MR) is 141 cm³/mol. The number of rotatable bonds is 10. The van der Waals surface area contributed by atoms with Gasteiger partial charge in [0.15, 0.2) is 5.69 Å². The van der Waals surface area contributed by atoms with Crippen molar-refractivity contribution in [2.75, 3.05) is 30.9 Å². The van der Waals surface area contributed by atoms with E-state index >= 15 is 0 Å². The van der Waals surface area contributed by atoms with Crippen molar-refractivity contribution in [1.29, 1.82) is 0 Å². The molecule has 0 bridgehead atoms. The summed E-state index contributed by atoms with van der Waals surface area (Å²) in [6, 6.07) is 13.0. The normalized spacial score (nSPS) is 12.6. The number of hydrogen-bond donors (Lipinski definition) is 2. The number of methoxy groups -OCH3 is 1. The van der Waals surface area contributed by atoms with Crippen molar-refractivity contribution in [3.63, 3.8) is 0 Å². The Kier molecular flexibility index (Phi) is 7.87. The zero-order chi connectivity index (χ0) is 27.4. The average molecular weight is 520 g/mol. The van der Waals surface area contributed by atoms with E-state index in [0.717, 1.165) is 11.3 Å². The summed E-state index contributed by atoms with van der Waals surface area (Å²) in [6.07, 6.45) is 1.45. The highest BCUT2D eigenvalue weighted by Gasteiger charge is 2.35. The van der Waals surface area contributed by atoms with Gasteiger partial charge in [-0.1, -0.05) is 37.6 Å². The number of nitrogens with zero attached hydrogens (tertiary/aromatic N) is 3. The molecule has 4 rings (SSSR count). The third-order valence-electron chi connectivity index (χ3n) is 6.38. The third-order valence-corrected chi connectivity index (χ3v) is 6.38. The van der Waals surface area contributed by atoms with E-state index in [0.29, 0.717) is 23.1 Å². The molecule has 2 heterocycles. The van der Waals surface area contributed by atoms with E-state index in [2.05, 4.69) is 4.98 Å². The number of unbranched alkanes of at least 4 members (excludes halogenated alkanes) is 1. The lowest BCUT2D eigenvalue weighted by Gasteiger charge is -2.24. The molecule has 11 heteroatoms. The maximum atomic E-state index is 13.7. The number of anilines is 2. The zero-order valence-corrected chi connectivity index (χ0v) is 21.2. The van der Waals surface area contributed by atoms with Gasteiger partial charge in [-0.15, -0.1) is 0 Å². The van der Waals surface area contributed by atoms with E-state index < -0.39 is 29.0 Å². The molecule has 38 heavy (non-hydrogen) atoms. The first-order valence-corrected chi connectivity index (χ1v) is 12.3. The summed E-state index contributed by atoms with van der Waals surface area (Å²) in [4.78, 5) is 69.0. The summed E-state index contributed by atoms with van der Waals surface area (Å²) >= 11 is 0. The van der Waals surface area contributed by atoms with E-state index in [9.17, 15) is 24.0 Å². The van der Waals surface area contributed by atoms with Gasteiger partial charge in [0.1, 0.15) is 5.82 Å². The van der Waals surface area contributed by atoms with Crippen molar-refractivity contribution in [2.24, 2.45) is 0 Å². The Hall–Kier alpha value is -4.51. The SMILES string of the molecule is CCCCn1c(N)c(N(CCOC)C(=O)c2cccc(CN3C(=O)c4ccccc4C3=O)c2)c(=O)[nH]c1=O. The van der Waals surface area contributed by atoms with Crippen molar-refractivity contribution < 1.29 is 19.1 Å². The summed E-state index contributed by atoms with van der Waals surface area (Å²) < 4.78 is 6.39. The van der Waals surface area contributed by atoms with Crippen LogP contribution in [0.5, 0.6) is 0 Å². The lowest BCUT2D eigenvalue weighted by Crippen LogP contribution is -2.42. The second-order valence-electron chi connectivity index (χ2n) is 8.89. The van der Waals surface area contributed by atoms with Crippen LogP contribution in [0.15, 0.2) is 58.1 Å². The van der Waals surface area contributed by atoms with Crippen molar-refractivity contribution in [3.05, 3.63) is 91.6 Å². The van der Waals surface area contributed by atoms with Crippen LogP contribution in [0.25, 0.3) is 0 Å². The number of nitrogens with one attached hydrogen (secondary N) is 1. The largest absolute Gasteiger partial charge is 0.383 e. The molecule has 0 atom stereocenters. The Morgan fingerprint density at radius 2 is 1.71 bits per heavy atom. The number of aromatic nitrogens is 2. The number of aromatic amines is 1. The highest BCUT2D eigenvalue weighted by Crippen LogP contribution is 2.25. The van der Waals surface area contributed by atoms with Gasteiger partial charge in [0.2, 0.25) is 0 Å². The number of ether oxygens (including phenoxy) is 1. The Balaban J connectivity index is 1.67. The molecule has 2 aromatic carbocycles. The Bertz CT molecular complexity index is 1470. The summed E-state index contributed by atoms with van der Waals surface area (Å²) in [5, 5.41) is 0. The van der Waals surface area contributed by atoms with Gasteiger partial charge in [-0.05, 0) is 36.2 Å². The Morgan fingerprint density at radius 3 is 2.34 bits per heavy atom. The highest BCUT2D eigenvalue weighted by molar-refractivity contribution is 6.21. The zero-order valence-electron chi connectivity index (χ0n) is 21.2. The molecule has 0 radical (unpaired) electrons. The van der Waals surface area contributed by atoms with E-state index in [-0.39, 0.29) is 43.3 Å². The van der Waals surface area contributed by atoms with Crippen molar-refractivity contribution in [1.82, 2.24) is 14.5 Å². The number of carbonyl (C=O) groups excluding carboxylic acids is 3. The van der Waals surface area contributed by atoms with Gasteiger partial charge in [0, 0.05) is 25.8 Å². The summed E-state index contributed by atoms with van der Waals surface area (Å²) in [7, 11) is 1.46. The van der Waals surface area contributed by atoms with Gasteiger partial charge < -0.3 is 10.5 Å². The van der Waals surface area contributed by atoms with Crippen LogP contribution in [0.4, 0.5) is 11.5 Å². The van der Waals surface area contributed by atoms with Crippen LogP contribution >= 0.6 is 0 Å². The van der Waals surface area contributed by atoms with Crippen LogP contribution in [0.3, 0.4) is 0 Å². The number of benzene rings is 2. The van der Waals surface area contributed by atoms with Crippen LogP contribution in [-0.2, 0) is 17.8 Å². The maximum Gasteiger partial charge on any atom is 0.330 e. The molecular weight excluding hydrogens is 490 g/mol. The summed E-state index contributed by atoms with van der Waals surface area (Å²) in [6.45, 7) is 2.31. The average Bonchev–Trinajstić information content (AvgIpc) is 3.15. The molecule has 198 valence electrons. The molecule has 1 aliphatic rings. The lowest BCUT2D eigenvalue weighted by molar-refractivity contribution is 0.0642. The fourth-order valence-corrected chi connectivity index (χ4v) is 4.40. The Labute approximate surface area is 218 Å². The molecule has 1 aromatic heterocycles. The second-order valence-corrected chi connectivity index (χ2v) is 8.89. The number of hydrogen-bond acceptors (Lipinski definition) is 7. The number of fused-ring (bicyclic) bond motifs is 1. The number of amides is 3. The smallest absolute Gasteiger partial charge is 0.330 e. The first-order chi connectivity index (χ1) is 18.3. The number of H-pyrrole nitrogens is 1. The van der Waals surface area contributed by atoms with Gasteiger partial charge >= 0.3 is 5.69 Å². The standard InChI is InChI=1S/C27H29N5O6/c1-3-4-12-31-22(28)21(23(33)29-27(31)37)30(13-14-38-2)24(34)18-9-7-8-17(15-18)16-32-25(35)19-10-5-6-11-20(19)26(32)36/h5-11,15H,3-4,12-14,16,28H2,1-2H3,(H,29,33,37). The molecule has 3 N–H and O–H groups in total. The molecule has 0 fully saturated rings. The molecule has 0 saturated carbocycles. The van der Waals surface area contributed by atoms with Crippen LogP contribution in [0.2, 0.25) is 0 Å². The molecule has 0 unspecified atom stereocenters. The number of imide groups is 1. The lowest BCUT2D eigenvalue weighted by atomic mass is 10.1. The molecular formula is C27H29N5O6. The molecule has 0 saturated heterocycles. The highest BCUT2D eigenvalue weighted by atomic mass is 16.5. The topological polar surface area (TPSA) is 148 Å². The molecule has 3 amide bonds. The van der Waals surface area contributed by atoms with Crippen molar-refractivity contribution in [3.8, 4) is 0 Å². The van der Waals surface area contributed by atoms with Gasteiger partial charge in [0.05, 0.1) is 24.3 Å². The maximum absolute atomic E-state index is 13.7. The molecule has 0 spiro atoms. The third kappa shape index (κ3) is 5.00. The van der Waals surface area contributed by atoms with Gasteiger partial charge in [-0.3, -0.25) is 38.5 Å². The second kappa shape index (κ2) is 11.3. The minimum Gasteiger partial charge on any atom is -0.383 e. The fourth-order valence-electron chi connectivity index (χ4n) is 4.40. The van der Waals surface area contributed by atoms with Crippen LogP contribution in [0, 0.1) is 0 Å².